The van der Waals surface area contributed by atoms with Gasteiger partial charge in [0.1, 0.15) is 18.6 Å². The highest BCUT2D eigenvalue weighted by Gasteiger charge is 2.33. The quantitative estimate of drug-likeness (QED) is 0.224. The first-order chi connectivity index (χ1) is 25.8. The van der Waals surface area contributed by atoms with Crippen molar-refractivity contribution >= 4 is 40.6 Å². The number of halogens is 4. The lowest BCUT2D eigenvalue weighted by Gasteiger charge is -2.36. The van der Waals surface area contributed by atoms with Crippen LogP contribution in [0.25, 0.3) is 17.2 Å². The molecule has 1 atom stereocenters. The fourth-order valence-electron chi connectivity index (χ4n) is 7.05. The van der Waals surface area contributed by atoms with Crippen LogP contribution in [-0.2, 0) is 35.1 Å². The molecule has 7 rings (SSSR count). The van der Waals surface area contributed by atoms with E-state index in [1.54, 1.807) is 18.6 Å². The molecule has 18 heteroatoms. The fourth-order valence-corrected chi connectivity index (χ4v) is 7.27. The molecule has 0 spiro atoms. The van der Waals surface area contributed by atoms with Crippen LogP contribution in [0.3, 0.4) is 0 Å². The topological polar surface area (TPSA) is 160 Å². The number of aromatic nitrogens is 6. The Bertz CT molecular complexity index is 2360. The zero-order chi connectivity index (χ0) is 38.5. The second kappa shape index (κ2) is 14.4. The van der Waals surface area contributed by atoms with Gasteiger partial charge in [0.05, 0.1) is 33.8 Å². The van der Waals surface area contributed by atoms with Crippen molar-refractivity contribution in [3.8, 4) is 17.1 Å². The molecule has 2 aromatic carbocycles. The van der Waals surface area contributed by atoms with Gasteiger partial charge in [-0.15, -0.1) is 5.10 Å². The van der Waals surface area contributed by atoms with Crippen molar-refractivity contribution in [1.29, 1.82) is 0 Å². The van der Waals surface area contributed by atoms with E-state index in [1.165, 1.54) is 11.2 Å². The largest absolute Gasteiger partial charge is 0.504 e. The molecule has 54 heavy (non-hydrogen) atoms. The maximum absolute atomic E-state index is 14.4. The Labute approximate surface area is 311 Å². The minimum absolute atomic E-state index is 0.0173. The number of ether oxygens (including phenoxy) is 1. The maximum atomic E-state index is 14.4. The lowest BCUT2D eigenvalue weighted by atomic mass is 10.1. The van der Waals surface area contributed by atoms with Gasteiger partial charge < -0.3 is 29.5 Å². The number of aryl methyl sites for hydroxylation is 2. The summed E-state index contributed by atoms with van der Waals surface area (Å²) >= 11 is 6.15. The number of nitrogens with one attached hydrogen (secondary N) is 1. The van der Waals surface area contributed by atoms with Crippen LogP contribution in [0.5, 0.6) is 5.75 Å². The van der Waals surface area contributed by atoms with Crippen molar-refractivity contribution in [3.63, 3.8) is 0 Å². The molecule has 14 nitrogen and oxygen atoms in total. The normalized spacial score (nSPS) is 15.9. The van der Waals surface area contributed by atoms with Crippen molar-refractivity contribution < 1.29 is 32.6 Å². The van der Waals surface area contributed by atoms with Crippen molar-refractivity contribution in [2.24, 2.45) is 0 Å². The first-order valence-corrected chi connectivity index (χ1v) is 17.6. The van der Waals surface area contributed by atoms with Crippen LogP contribution in [0, 0.1) is 6.92 Å². The Hall–Kier alpha value is -5.55. The molecule has 1 aliphatic carbocycles. The standard InChI is InChI=1S/C36H35ClF3N9O5/c1-4-26-30(46-11-13-47(14-12-46)33(52)29-31(51)19(2)41-18-42-29)34(53)49-35(44-32(45-49)21-5-8-23-20(15-21)6-10-27(23)54-3)48(26)17-28(50)43-25-9-7-22(16-24(25)37)36(38,39)40/h5,7-9,15-16,18,27,51H,4,6,10-14,17H2,1-3H3,(H,43,50)/t27-/m0/s1. The van der Waals surface area contributed by atoms with Crippen molar-refractivity contribution in [1.82, 2.24) is 34.0 Å². The molecule has 4 heterocycles. The Balaban J connectivity index is 1.26. The molecule has 0 unspecified atom stereocenters. The van der Waals surface area contributed by atoms with Crippen LogP contribution in [0.1, 0.15) is 58.0 Å². The van der Waals surface area contributed by atoms with Gasteiger partial charge in [0.25, 0.3) is 11.5 Å². The van der Waals surface area contributed by atoms with Crippen LogP contribution >= 0.6 is 11.6 Å². The third-order valence-corrected chi connectivity index (χ3v) is 10.1. The van der Waals surface area contributed by atoms with Crippen LogP contribution in [0.4, 0.5) is 24.5 Å². The third-order valence-electron chi connectivity index (χ3n) is 9.83. The average Bonchev–Trinajstić information content (AvgIpc) is 3.79. The monoisotopic (exact) mass is 765 g/mol. The summed E-state index contributed by atoms with van der Waals surface area (Å²) in [5.74, 6) is -1.07. The maximum Gasteiger partial charge on any atom is 0.416 e. The molecule has 3 aromatic heterocycles. The Morgan fingerprint density at radius 2 is 1.85 bits per heavy atom. The van der Waals surface area contributed by atoms with Gasteiger partial charge in [0.2, 0.25) is 11.7 Å². The summed E-state index contributed by atoms with van der Waals surface area (Å²) in [4.78, 5) is 57.3. The number of rotatable bonds is 8. The number of fused-ring (bicyclic) bond motifs is 2. The summed E-state index contributed by atoms with van der Waals surface area (Å²) in [5.41, 5.74) is 2.21. The van der Waals surface area contributed by atoms with Gasteiger partial charge in [0.15, 0.2) is 17.3 Å². The molecular formula is C36H35ClF3N9O5. The van der Waals surface area contributed by atoms with Crippen LogP contribution < -0.4 is 15.8 Å². The molecule has 5 aromatic rings. The minimum atomic E-state index is -4.62. The molecule has 282 valence electrons. The molecule has 1 aliphatic heterocycles. The first-order valence-electron chi connectivity index (χ1n) is 17.2. The summed E-state index contributed by atoms with van der Waals surface area (Å²) in [6.07, 6.45) is -1.52. The second-order valence-corrected chi connectivity index (χ2v) is 13.4. The van der Waals surface area contributed by atoms with E-state index < -0.39 is 29.1 Å². The predicted molar refractivity (Wildman–Crippen MR) is 192 cm³/mol. The number of carbonyl (C=O) groups is 2. The molecule has 2 N–H and O–H groups in total. The summed E-state index contributed by atoms with van der Waals surface area (Å²) in [7, 11) is 1.66. The van der Waals surface area contributed by atoms with E-state index in [1.807, 2.05) is 30.0 Å². The highest BCUT2D eigenvalue weighted by molar-refractivity contribution is 6.33. The summed E-state index contributed by atoms with van der Waals surface area (Å²) in [6, 6.07) is 8.41. The van der Waals surface area contributed by atoms with Gasteiger partial charge in [-0.05, 0) is 61.6 Å². The summed E-state index contributed by atoms with van der Waals surface area (Å²) in [5, 5.41) is 17.3. The number of benzene rings is 2. The van der Waals surface area contributed by atoms with Gasteiger partial charge in [0, 0.05) is 38.9 Å². The number of amides is 2. The second-order valence-electron chi connectivity index (χ2n) is 13.0. The van der Waals surface area contributed by atoms with Crippen LogP contribution in [-0.4, -0.2) is 84.2 Å². The summed E-state index contributed by atoms with van der Waals surface area (Å²) in [6.45, 7) is 3.83. The molecule has 0 radical (unpaired) electrons. The molecule has 1 fully saturated rings. The van der Waals surface area contributed by atoms with E-state index >= 15 is 0 Å². The number of hydrogen-bond acceptors (Lipinski definition) is 10. The number of hydrogen-bond donors (Lipinski definition) is 2. The van der Waals surface area contributed by atoms with E-state index in [0.29, 0.717) is 11.3 Å². The van der Waals surface area contributed by atoms with E-state index in [9.17, 15) is 32.7 Å². The number of nitrogens with zero attached hydrogens (tertiary/aromatic N) is 8. The van der Waals surface area contributed by atoms with Crippen LogP contribution in [0.15, 0.2) is 47.5 Å². The average molecular weight is 766 g/mol. The van der Waals surface area contributed by atoms with E-state index in [2.05, 4.69) is 20.4 Å². The Morgan fingerprint density at radius 3 is 2.54 bits per heavy atom. The molecule has 2 amide bonds. The van der Waals surface area contributed by atoms with E-state index in [0.717, 1.165) is 46.7 Å². The summed E-state index contributed by atoms with van der Waals surface area (Å²) < 4.78 is 48.1. The molecular weight excluding hydrogens is 731 g/mol. The van der Waals surface area contributed by atoms with Gasteiger partial charge in [-0.25, -0.2) is 9.97 Å². The first kappa shape index (κ1) is 36.8. The Kier molecular flexibility index (Phi) is 9.78. The van der Waals surface area contributed by atoms with Crippen molar-refractivity contribution in [2.75, 3.05) is 43.5 Å². The number of methoxy groups -OCH3 is 1. The molecule has 0 saturated carbocycles. The number of alkyl halides is 3. The minimum Gasteiger partial charge on any atom is -0.504 e. The molecule has 0 bridgehead atoms. The smallest absolute Gasteiger partial charge is 0.416 e. The lowest BCUT2D eigenvalue weighted by Crippen LogP contribution is -2.51. The number of piperazine rings is 1. The van der Waals surface area contributed by atoms with Gasteiger partial charge in [-0.2, -0.15) is 22.7 Å². The fraction of sp³-hybridized carbons (Fsp3) is 0.361. The van der Waals surface area contributed by atoms with Gasteiger partial charge in [-0.1, -0.05) is 30.7 Å². The van der Waals surface area contributed by atoms with E-state index in [4.69, 9.17) is 21.3 Å². The van der Waals surface area contributed by atoms with Gasteiger partial charge >= 0.3 is 6.18 Å². The highest BCUT2D eigenvalue weighted by atomic mass is 35.5. The number of anilines is 2. The Morgan fingerprint density at radius 1 is 1.09 bits per heavy atom. The zero-order valence-corrected chi connectivity index (χ0v) is 30.2. The SMILES string of the molecule is CCc1c(N2CCN(C(=O)c3ncnc(C)c3O)CC2)c(=O)n2nc(-c3ccc4c(c3)CC[C@@H]4OC)nc2n1CC(=O)Nc1ccc(C(F)(F)F)cc1Cl. The lowest BCUT2D eigenvalue weighted by molar-refractivity contribution is -0.137. The van der Waals surface area contributed by atoms with Crippen molar-refractivity contribution in [3.05, 3.63) is 91.9 Å². The molecule has 2 aliphatic rings. The zero-order valence-electron chi connectivity index (χ0n) is 29.4. The highest BCUT2D eigenvalue weighted by Crippen LogP contribution is 2.36. The molecule has 1 saturated heterocycles. The van der Waals surface area contributed by atoms with Crippen LogP contribution in [0.2, 0.25) is 5.02 Å². The predicted octanol–water partition coefficient (Wildman–Crippen LogP) is 4.83. The number of aromatic hydroxyl groups is 1. The van der Waals surface area contributed by atoms with Gasteiger partial charge in [-0.3, -0.25) is 14.4 Å². The number of carbonyl (C=O) groups excluding carboxylic acids is 2. The van der Waals surface area contributed by atoms with Crippen molar-refractivity contribution in [2.45, 2.75) is 51.9 Å². The van der Waals surface area contributed by atoms with E-state index in [-0.39, 0.29) is 90.4 Å². The third kappa shape index (κ3) is 6.72.